The van der Waals surface area contributed by atoms with Crippen LogP contribution in [0.4, 0.5) is 22.7 Å². The normalized spacial score (nSPS) is 13.8. The van der Waals surface area contributed by atoms with E-state index in [0.29, 0.717) is 6.67 Å². The van der Waals surface area contributed by atoms with Crippen molar-refractivity contribution in [3.05, 3.63) is 214 Å². The zero-order valence-corrected chi connectivity index (χ0v) is 47.6. The number of benzene rings is 7. The molecule has 0 amide bonds. The number of aromatic nitrogens is 2. The first kappa shape index (κ1) is 51.4. The van der Waals surface area contributed by atoms with Crippen molar-refractivity contribution < 1.29 is 4.74 Å². The quantitative estimate of drug-likeness (QED) is 0.144. The maximum absolute atomic E-state index is 7.15. The Bertz CT molecular complexity index is 3520. The molecular formula is C70H78N4O. The lowest BCUT2D eigenvalue weighted by atomic mass is 9.73. The molecule has 0 unspecified atom stereocenters. The molecule has 75 heavy (non-hydrogen) atoms. The Morgan fingerprint density at radius 3 is 1.47 bits per heavy atom. The van der Waals surface area contributed by atoms with Gasteiger partial charge in [0.05, 0.1) is 22.4 Å². The smallest absolute Gasteiger partial charge is 0.137 e. The molecular weight excluding hydrogens is 913 g/mol. The molecule has 0 spiro atoms. The van der Waals surface area contributed by atoms with E-state index in [1.165, 1.54) is 72.3 Å². The van der Waals surface area contributed by atoms with Crippen LogP contribution in [0.2, 0.25) is 0 Å². The van der Waals surface area contributed by atoms with Gasteiger partial charge in [-0.2, -0.15) is 0 Å². The van der Waals surface area contributed by atoms with Crippen LogP contribution in [0.1, 0.15) is 155 Å². The lowest BCUT2D eigenvalue weighted by Crippen LogP contribution is -2.27. The molecule has 3 heterocycles. The van der Waals surface area contributed by atoms with E-state index in [-0.39, 0.29) is 32.5 Å². The van der Waals surface area contributed by atoms with Gasteiger partial charge in [0.2, 0.25) is 0 Å². The molecule has 10 rings (SSSR count). The molecule has 1 aliphatic heterocycles. The molecule has 0 aliphatic carbocycles. The second-order valence-corrected chi connectivity index (χ2v) is 26.4. The summed E-state index contributed by atoms with van der Waals surface area (Å²) in [5.41, 5.74) is 16.2. The first-order valence-electron chi connectivity index (χ1n) is 27.0. The minimum absolute atomic E-state index is 0.000836. The number of ether oxygens (including phenoxy) is 1. The summed E-state index contributed by atoms with van der Waals surface area (Å²) in [5, 5.41) is 2.38. The predicted molar refractivity (Wildman–Crippen MR) is 319 cm³/mol. The van der Waals surface area contributed by atoms with Gasteiger partial charge in [-0.05, 0) is 139 Å². The molecule has 5 nitrogen and oxygen atoms in total. The van der Waals surface area contributed by atoms with Crippen LogP contribution >= 0.6 is 0 Å². The molecule has 0 N–H and O–H groups in total. The Labute approximate surface area is 448 Å². The second kappa shape index (κ2) is 18.3. The highest BCUT2D eigenvalue weighted by Crippen LogP contribution is 2.50. The highest BCUT2D eigenvalue weighted by Gasteiger charge is 2.35. The van der Waals surface area contributed by atoms with Gasteiger partial charge in [-0.3, -0.25) is 4.57 Å². The van der Waals surface area contributed by atoms with Gasteiger partial charge in [0.15, 0.2) is 0 Å². The van der Waals surface area contributed by atoms with E-state index in [4.69, 9.17) is 9.72 Å². The van der Waals surface area contributed by atoms with Gasteiger partial charge in [-0.25, -0.2) is 4.98 Å². The summed E-state index contributed by atoms with van der Waals surface area (Å²) < 4.78 is 9.46. The largest absolute Gasteiger partial charge is 0.457 e. The maximum atomic E-state index is 7.15. The van der Waals surface area contributed by atoms with Gasteiger partial charge >= 0.3 is 0 Å². The number of hydrogen-bond acceptors (Lipinski definition) is 4. The number of anilines is 4. The van der Waals surface area contributed by atoms with Crippen LogP contribution in [-0.2, 0) is 32.5 Å². The fraction of sp³-hybridized carbons (Fsp3) is 0.329. The molecule has 0 bridgehead atoms. The zero-order valence-electron chi connectivity index (χ0n) is 47.6. The van der Waals surface area contributed by atoms with Crippen molar-refractivity contribution in [1.29, 1.82) is 0 Å². The van der Waals surface area contributed by atoms with Crippen molar-refractivity contribution in [2.24, 2.45) is 0 Å². The van der Waals surface area contributed by atoms with Gasteiger partial charge in [-0.15, -0.1) is 0 Å². The van der Waals surface area contributed by atoms with Gasteiger partial charge in [-0.1, -0.05) is 190 Å². The SMILES string of the molecule is CC(C)(C)c1cc(Oc2ccc3c4cc(C(C)(C)C)ccc4n(-c4cc(C(C)(C)C)ccn4)c3c2)cc(N2CN(c3cc(C(C)(C)c4ccccc4)cc(C(C)(C)c4ccccc4)c3)c3cc(C(C)(C)C)ccc32)c1. The molecule has 5 heteroatoms. The maximum Gasteiger partial charge on any atom is 0.137 e. The molecule has 0 saturated heterocycles. The molecule has 1 aliphatic rings. The molecule has 9 aromatic rings. The van der Waals surface area contributed by atoms with Crippen LogP contribution in [0.25, 0.3) is 27.6 Å². The second-order valence-electron chi connectivity index (χ2n) is 26.4. The van der Waals surface area contributed by atoms with Crippen molar-refractivity contribution >= 4 is 44.6 Å². The Hall–Kier alpha value is -7.11. The molecule has 0 fully saturated rings. The average molecular weight is 991 g/mol. The molecule has 384 valence electrons. The van der Waals surface area contributed by atoms with E-state index < -0.39 is 0 Å². The van der Waals surface area contributed by atoms with Crippen LogP contribution in [0, 0.1) is 0 Å². The Balaban J connectivity index is 1.11. The highest BCUT2D eigenvalue weighted by molar-refractivity contribution is 6.10. The first-order valence-corrected chi connectivity index (χ1v) is 27.0. The van der Waals surface area contributed by atoms with Gasteiger partial charge in [0.1, 0.15) is 24.0 Å². The summed E-state index contributed by atoms with van der Waals surface area (Å²) in [4.78, 5) is 10.0. The highest BCUT2D eigenvalue weighted by atomic mass is 16.5. The molecule has 0 saturated carbocycles. The van der Waals surface area contributed by atoms with E-state index in [2.05, 4.69) is 289 Å². The summed E-state index contributed by atoms with van der Waals surface area (Å²) in [7, 11) is 0. The molecule has 0 radical (unpaired) electrons. The van der Waals surface area contributed by atoms with E-state index in [9.17, 15) is 0 Å². The minimum Gasteiger partial charge on any atom is -0.457 e. The van der Waals surface area contributed by atoms with Crippen LogP contribution in [-0.4, -0.2) is 16.2 Å². The summed E-state index contributed by atoms with van der Waals surface area (Å²) >= 11 is 0. The van der Waals surface area contributed by atoms with E-state index in [1.807, 2.05) is 6.20 Å². The van der Waals surface area contributed by atoms with Crippen molar-refractivity contribution in [3.8, 4) is 17.3 Å². The van der Waals surface area contributed by atoms with Crippen LogP contribution in [0.3, 0.4) is 0 Å². The number of nitrogens with zero attached hydrogens (tertiary/aromatic N) is 4. The first-order chi connectivity index (χ1) is 35.2. The standard InChI is InChI=1S/C70H78N4O/c1-65(2,3)48-27-31-60-59(40-48)58-30-29-56(44-62(58)74(60)64-42-50(33-34-71-64)67(7,8)9)75-57-39-51(68(10,11)12)36-55(43-57)72-45-73(63-41-49(66(4,5)6)28-32-61(63)72)54-37-52(69(13,14)46-23-19-17-20-24-46)35-53(38-54)70(15,16)47-25-21-18-22-26-47/h17-44H,45H2,1-16H3. The van der Waals surface area contributed by atoms with Crippen LogP contribution < -0.4 is 14.5 Å². The molecule has 0 atom stereocenters. The zero-order chi connectivity index (χ0) is 53.6. The Kier molecular flexibility index (Phi) is 12.6. The summed E-state index contributed by atoms with van der Waals surface area (Å²) in [6.07, 6.45) is 1.95. The number of rotatable bonds is 9. The summed E-state index contributed by atoms with van der Waals surface area (Å²) in [6.45, 7) is 37.5. The van der Waals surface area contributed by atoms with Crippen LogP contribution in [0.15, 0.2) is 170 Å². The average Bonchev–Trinajstić information content (AvgIpc) is 3.91. The van der Waals surface area contributed by atoms with Crippen LogP contribution in [0.5, 0.6) is 11.5 Å². The lowest BCUT2D eigenvalue weighted by Gasteiger charge is -2.33. The van der Waals surface area contributed by atoms with Gasteiger partial charge in [0.25, 0.3) is 0 Å². The number of hydrogen-bond donors (Lipinski definition) is 0. The third-order valence-electron chi connectivity index (χ3n) is 16.1. The minimum atomic E-state index is -0.263. The van der Waals surface area contributed by atoms with E-state index in [0.717, 1.165) is 34.0 Å². The van der Waals surface area contributed by atoms with Crippen molar-refractivity contribution in [3.63, 3.8) is 0 Å². The van der Waals surface area contributed by atoms with Crippen molar-refractivity contribution in [1.82, 2.24) is 9.55 Å². The third kappa shape index (κ3) is 9.76. The van der Waals surface area contributed by atoms with Crippen molar-refractivity contribution in [2.75, 3.05) is 16.5 Å². The predicted octanol–water partition coefficient (Wildman–Crippen LogP) is 19.1. The molecule has 2 aromatic heterocycles. The summed E-state index contributed by atoms with van der Waals surface area (Å²) in [6, 6.07) is 61.1. The fourth-order valence-corrected chi connectivity index (χ4v) is 10.9. The lowest BCUT2D eigenvalue weighted by molar-refractivity contribution is 0.479. The summed E-state index contributed by atoms with van der Waals surface area (Å²) in [5.74, 6) is 2.47. The molecule has 7 aromatic carbocycles. The Morgan fingerprint density at radius 1 is 0.360 bits per heavy atom. The van der Waals surface area contributed by atoms with E-state index >= 15 is 0 Å². The fourth-order valence-electron chi connectivity index (χ4n) is 10.9. The van der Waals surface area contributed by atoms with E-state index in [1.54, 1.807) is 0 Å². The number of pyridine rings is 1. The third-order valence-corrected chi connectivity index (χ3v) is 16.1. The van der Waals surface area contributed by atoms with Gasteiger partial charge < -0.3 is 14.5 Å². The monoisotopic (exact) mass is 991 g/mol. The topological polar surface area (TPSA) is 33.5 Å². The number of fused-ring (bicyclic) bond motifs is 4. The van der Waals surface area contributed by atoms with Crippen molar-refractivity contribution in [2.45, 2.75) is 143 Å². The van der Waals surface area contributed by atoms with Gasteiger partial charge in [0, 0.05) is 51.3 Å². The Morgan fingerprint density at radius 2 is 0.880 bits per heavy atom.